The van der Waals surface area contributed by atoms with E-state index in [1.807, 2.05) is 78.2 Å². The summed E-state index contributed by atoms with van der Waals surface area (Å²) in [5, 5.41) is 0. The minimum absolute atomic E-state index is 0.0676. The molecule has 0 aliphatic heterocycles. The molecule has 0 amide bonds. The van der Waals surface area contributed by atoms with Gasteiger partial charge in [-0.1, -0.05) is 73.7 Å². The fourth-order valence-corrected chi connectivity index (χ4v) is 4.48. The Morgan fingerprint density at radius 3 is 2.33 bits per heavy atom. The average Bonchev–Trinajstić information content (AvgIpc) is 3.45. The summed E-state index contributed by atoms with van der Waals surface area (Å²) >= 11 is 0. The zero-order chi connectivity index (χ0) is 27.7. The average molecular weight is 538 g/mol. The van der Waals surface area contributed by atoms with Gasteiger partial charge in [0.1, 0.15) is 17.9 Å². The Hall–Kier alpha value is -4.43. The fourth-order valence-electron chi connectivity index (χ4n) is 4.48. The van der Waals surface area contributed by atoms with E-state index >= 15 is 0 Å². The van der Waals surface area contributed by atoms with Crippen LogP contribution in [0.5, 0.6) is 11.5 Å². The molecule has 8 nitrogen and oxygen atoms in total. The summed E-state index contributed by atoms with van der Waals surface area (Å²) in [5.41, 5.74) is 5.57. The number of rotatable bonds is 12. The molecule has 0 spiro atoms. The van der Waals surface area contributed by atoms with Crippen LogP contribution in [0.1, 0.15) is 42.3 Å². The summed E-state index contributed by atoms with van der Waals surface area (Å²) in [6, 6.07) is 26.2. The van der Waals surface area contributed by atoms with Gasteiger partial charge in [-0.3, -0.25) is 4.99 Å². The number of ether oxygens (including phenoxy) is 3. The molecule has 5 aromatic rings. The van der Waals surface area contributed by atoms with E-state index in [0.29, 0.717) is 49.9 Å². The van der Waals surface area contributed by atoms with Gasteiger partial charge in [0, 0.05) is 12.5 Å². The van der Waals surface area contributed by atoms with Gasteiger partial charge in [0.05, 0.1) is 33.2 Å². The molecular weight excluding hydrogens is 502 g/mol. The lowest BCUT2D eigenvalue weighted by Gasteiger charge is -2.14. The van der Waals surface area contributed by atoms with Crippen LogP contribution in [0.15, 0.2) is 90.2 Å². The largest absolute Gasteiger partial charge is 0.493 e. The third kappa shape index (κ3) is 6.58. The summed E-state index contributed by atoms with van der Waals surface area (Å²) in [4.78, 5) is 17.7. The molecule has 0 fully saturated rings. The summed E-state index contributed by atoms with van der Waals surface area (Å²) in [6.07, 6.45) is 1.80. The first kappa shape index (κ1) is 27.1. The van der Waals surface area contributed by atoms with Gasteiger partial charge >= 0.3 is 0 Å². The number of imidazole rings is 1. The van der Waals surface area contributed by atoms with Crippen molar-refractivity contribution in [2.75, 3.05) is 20.3 Å². The van der Waals surface area contributed by atoms with Crippen molar-refractivity contribution in [2.24, 2.45) is 4.99 Å². The molecule has 0 aliphatic carbocycles. The number of nitrogens with one attached hydrogen (secondary N) is 1. The van der Waals surface area contributed by atoms with Gasteiger partial charge < -0.3 is 23.8 Å². The smallest absolute Gasteiger partial charge is 0.176 e. The molecule has 0 saturated carbocycles. The van der Waals surface area contributed by atoms with E-state index in [9.17, 15) is 0 Å². The minimum Gasteiger partial charge on any atom is -0.493 e. The van der Waals surface area contributed by atoms with Gasteiger partial charge in [0.25, 0.3) is 0 Å². The second-order valence-electron chi connectivity index (χ2n) is 9.65. The maximum absolute atomic E-state index is 6.14. The Morgan fingerprint density at radius 2 is 1.62 bits per heavy atom. The molecule has 0 saturated heterocycles. The van der Waals surface area contributed by atoms with Crippen molar-refractivity contribution in [1.82, 2.24) is 19.5 Å². The highest BCUT2D eigenvalue weighted by Gasteiger charge is 2.16. The molecule has 2 aromatic heterocycles. The number of H-pyrrole nitrogens is 1. The van der Waals surface area contributed by atoms with Crippen molar-refractivity contribution >= 4 is 11.2 Å². The maximum Gasteiger partial charge on any atom is 0.176 e. The molecule has 1 N–H and O–H groups in total. The standard InChI is InChI=1S/C32H35N5O3/c1-4-33-31-29-32(36-30(35-29)23(2)19-39-20-24-11-7-5-8-12-24)37(22-34-31)18-26-15-16-27(38-3)28(17-26)40-21-25-13-9-6-10-14-25/h5-17,22-23H,4,18-21H2,1-3H3,(H,35,36). The van der Waals surface area contributed by atoms with E-state index in [1.165, 1.54) is 0 Å². The predicted octanol–water partition coefficient (Wildman–Crippen LogP) is 5.64. The number of hydrogen-bond donors (Lipinski definition) is 1. The Kier molecular flexibility index (Phi) is 8.88. The molecule has 1 unspecified atom stereocenters. The number of fused-ring (bicyclic) bond motifs is 1. The summed E-state index contributed by atoms with van der Waals surface area (Å²) in [6.45, 7) is 6.87. The molecule has 3 aromatic carbocycles. The van der Waals surface area contributed by atoms with Crippen LogP contribution >= 0.6 is 0 Å². The topological polar surface area (TPSA) is 86.6 Å². The lowest BCUT2D eigenvalue weighted by Crippen LogP contribution is -2.15. The second-order valence-corrected chi connectivity index (χ2v) is 9.65. The minimum atomic E-state index is 0.0676. The molecule has 0 aliphatic rings. The van der Waals surface area contributed by atoms with Gasteiger partial charge in [-0.05, 0) is 35.7 Å². The van der Waals surface area contributed by atoms with Crippen molar-refractivity contribution in [2.45, 2.75) is 39.5 Å². The van der Waals surface area contributed by atoms with Crippen LogP contribution < -0.4 is 15.0 Å². The Morgan fingerprint density at radius 1 is 0.900 bits per heavy atom. The van der Waals surface area contributed by atoms with E-state index in [2.05, 4.69) is 34.0 Å². The Balaban J connectivity index is 1.37. The molecular formula is C32H35N5O3. The molecule has 2 heterocycles. The van der Waals surface area contributed by atoms with Crippen molar-refractivity contribution in [3.63, 3.8) is 0 Å². The first-order valence-electron chi connectivity index (χ1n) is 13.6. The van der Waals surface area contributed by atoms with E-state index < -0.39 is 0 Å². The summed E-state index contributed by atoms with van der Waals surface area (Å²) in [7, 11) is 1.65. The third-order valence-electron chi connectivity index (χ3n) is 6.59. The third-order valence-corrected chi connectivity index (χ3v) is 6.59. The number of aromatic amines is 1. The predicted molar refractivity (Wildman–Crippen MR) is 155 cm³/mol. The molecule has 5 rings (SSSR count). The number of hydrogen-bond acceptors (Lipinski definition) is 6. The number of benzene rings is 3. The van der Waals surface area contributed by atoms with Crippen molar-refractivity contribution < 1.29 is 14.2 Å². The molecule has 206 valence electrons. The van der Waals surface area contributed by atoms with Gasteiger partial charge in [0.15, 0.2) is 22.6 Å². The number of aromatic nitrogens is 4. The van der Waals surface area contributed by atoms with Crippen LogP contribution in [-0.4, -0.2) is 39.8 Å². The maximum atomic E-state index is 6.14. The van der Waals surface area contributed by atoms with Gasteiger partial charge in [-0.15, -0.1) is 0 Å². The first-order valence-corrected chi connectivity index (χ1v) is 13.6. The summed E-state index contributed by atoms with van der Waals surface area (Å²) < 4.78 is 19.7. The van der Waals surface area contributed by atoms with Crippen molar-refractivity contribution in [3.8, 4) is 11.5 Å². The fraction of sp³-hybridized carbons (Fsp3) is 0.281. The van der Waals surface area contributed by atoms with E-state index in [0.717, 1.165) is 33.7 Å². The van der Waals surface area contributed by atoms with E-state index in [-0.39, 0.29) is 5.92 Å². The highest BCUT2D eigenvalue weighted by atomic mass is 16.5. The van der Waals surface area contributed by atoms with Crippen LogP contribution in [-0.2, 0) is 24.5 Å². The van der Waals surface area contributed by atoms with Gasteiger partial charge in [-0.25, -0.2) is 9.97 Å². The van der Waals surface area contributed by atoms with Crippen molar-refractivity contribution in [1.29, 1.82) is 0 Å². The molecule has 0 bridgehead atoms. The van der Waals surface area contributed by atoms with Crippen LogP contribution in [0.3, 0.4) is 0 Å². The molecule has 40 heavy (non-hydrogen) atoms. The lowest BCUT2D eigenvalue weighted by molar-refractivity contribution is 0.109. The Bertz CT molecular complexity index is 1600. The van der Waals surface area contributed by atoms with Crippen LogP contribution in [0.25, 0.3) is 11.2 Å². The number of nitrogens with zero attached hydrogens (tertiary/aromatic N) is 4. The highest BCUT2D eigenvalue weighted by Crippen LogP contribution is 2.29. The normalized spacial score (nSPS) is 12.5. The van der Waals surface area contributed by atoms with Gasteiger partial charge in [-0.2, -0.15) is 0 Å². The van der Waals surface area contributed by atoms with Crippen molar-refractivity contribution in [3.05, 3.63) is 113 Å². The Labute approximate surface area is 234 Å². The van der Waals surface area contributed by atoms with Crippen LogP contribution in [0.4, 0.5) is 0 Å². The first-order chi connectivity index (χ1) is 19.6. The summed E-state index contributed by atoms with van der Waals surface area (Å²) in [5.74, 6) is 2.30. The quantitative estimate of drug-likeness (QED) is 0.223. The number of methoxy groups -OCH3 is 1. The molecule has 8 heteroatoms. The molecule has 1 atom stereocenters. The van der Waals surface area contributed by atoms with Crippen LogP contribution in [0.2, 0.25) is 0 Å². The highest BCUT2D eigenvalue weighted by molar-refractivity contribution is 5.69. The SMILES string of the molecule is CCN=c1ncn(Cc2ccc(OC)c(OCc3ccccc3)c2)c2nc(C(C)COCc3ccccc3)[nH]c12. The monoisotopic (exact) mass is 537 g/mol. The molecule has 0 radical (unpaired) electrons. The second kappa shape index (κ2) is 13.1. The zero-order valence-corrected chi connectivity index (χ0v) is 23.2. The van der Waals surface area contributed by atoms with Crippen LogP contribution in [0, 0.1) is 0 Å². The lowest BCUT2D eigenvalue weighted by atomic mass is 10.2. The van der Waals surface area contributed by atoms with Gasteiger partial charge in [0.2, 0.25) is 0 Å². The van der Waals surface area contributed by atoms with E-state index in [4.69, 9.17) is 19.2 Å². The zero-order valence-electron chi connectivity index (χ0n) is 23.2. The van der Waals surface area contributed by atoms with E-state index in [1.54, 1.807) is 13.4 Å².